The second kappa shape index (κ2) is 5.53. The first-order chi connectivity index (χ1) is 10.3. The Labute approximate surface area is 129 Å². The minimum atomic E-state index is -3.06. The van der Waals surface area contributed by atoms with Crippen LogP contribution in [0.25, 0.3) is 0 Å². The Morgan fingerprint density at radius 2 is 1.73 bits per heavy atom. The first kappa shape index (κ1) is 15.3. The third-order valence-corrected chi connectivity index (χ3v) is 6.22. The van der Waals surface area contributed by atoms with Gasteiger partial charge >= 0.3 is 6.03 Å². The van der Waals surface area contributed by atoms with E-state index in [0.29, 0.717) is 18.5 Å². The van der Waals surface area contributed by atoms with Gasteiger partial charge in [0.05, 0.1) is 5.25 Å². The Balaban J connectivity index is 1.71. The molecule has 0 aliphatic carbocycles. The van der Waals surface area contributed by atoms with Crippen molar-refractivity contribution in [2.45, 2.75) is 43.0 Å². The molecule has 120 valence electrons. The lowest BCUT2D eigenvalue weighted by molar-refractivity contribution is 0.160. The third-order valence-electron chi connectivity index (χ3n) is 4.63. The maximum absolute atomic E-state index is 12.9. The third kappa shape index (κ3) is 2.95. The predicted molar refractivity (Wildman–Crippen MR) is 81.9 cm³/mol. The van der Waals surface area contributed by atoms with Crippen molar-refractivity contribution in [2.75, 3.05) is 11.6 Å². The van der Waals surface area contributed by atoms with Gasteiger partial charge in [-0.05, 0) is 49.9 Å². The Morgan fingerprint density at radius 3 is 2.23 bits per heavy atom. The molecule has 1 aromatic rings. The van der Waals surface area contributed by atoms with Crippen LogP contribution in [0.1, 0.15) is 25.7 Å². The molecule has 1 N–H and O–H groups in total. The topological polar surface area (TPSA) is 66.5 Å². The lowest BCUT2D eigenvalue weighted by Gasteiger charge is -2.38. The van der Waals surface area contributed by atoms with Crippen LogP contribution < -0.4 is 5.32 Å². The molecule has 22 heavy (non-hydrogen) atoms. The second-order valence-corrected chi connectivity index (χ2v) is 8.48. The van der Waals surface area contributed by atoms with Gasteiger partial charge in [-0.15, -0.1) is 0 Å². The van der Waals surface area contributed by atoms with Crippen LogP contribution in [-0.4, -0.2) is 42.9 Å². The molecule has 5 nitrogen and oxygen atoms in total. The van der Waals surface area contributed by atoms with Crippen LogP contribution in [0, 0.1) is 5.82 Å². The van der Waals surface area contributed by atoms with Gasteiger partial charge < -0.3 is 10.2 Å². The van der Waals surface area contributed by atoms with E-state index in [0.717, 1.165) is 12.8 Å². The molecular formula is C15H19FN2O3S. The Kier molecular flexibility index (Phi) is 3.84. The van der Waals surface area contributed by atoms with Crippen molar-refractivity contribution in [1.29, 1.82) is 0 Å². The molecule has 2 unspecified atom stereocenters. The minimum Gasteiger partial charge on any atom is -0.318 e. The summed E-state index contributed by atoms with van der Waals surface area (Å²) in [6, 6.07) is 5.32. The van der Waals surface area contributed by atoms with Crippen molar-refractivity contribution in [3.63, 3.8) is 0 Å². The average Bonchev–Trinajstić information content (AvgIpc) is 2.70. The number of fused-ring (bicyclic) bond motifs is 2. The monoisotopic (exact) mass is 326 g/mol. The molecule has 1 aromatic carbocycles. The molecule has 2 fully saturated rings. The number of sulfone groups is 1. The van der Waals surface area contributed by atoms with Crippen LogP contribution in [0.4, 0.5) is 14.9 Å². The van der Waals surface area contributed by atoms with Gasteiger partial charge in [0.25, 0.3) is 0 Å². The molecule has 2 aliphatic rings. The van der Waals surface area contributed by atoms with E-state index in [9.17, 15) is 17.6 Å². The fourth-order valence-electron chi connectivity index (χ4n) is 3.53. The maximum Gasteiger partial charge on any atom is 0.322 e. The van der Waals surface area contributed by atoms with E-state index in [2.05, 4.69) is 5.32 Å². The summed E-state index contributed by atoms with van der Waals surface area (Å²) in [5, 5.41) is 2.42. The van der Waals surface area contributed by atoms with E-state index >= 15 is 0 Å². The number of hydrogen-bond acceptors (Lipinski definition) is 3. The van der Waals surface area contributed by atoms with Gasteiger partial charge in [-0.2, -0.15) is 0 Å². The summed E-state index contributed by atoms with van der Waals surface area (Å²) in [5.41, 5.74) is 0.538. The minimum absolute atomic E-state index is 0.0288. The first-order valence-electron chi connectivity index (χ1n) is 7.38. The molecule has 0 spiro atoms. The molecule has 0 aromatic heterocycles. The molecule has 0 radical (unpaired) electrons. The van der Waals surface area contributed by atoms with E-state index in [-0.39, 0.29) is 29.2 Å². The number of nitrogens with one attached hydrogen (secondary N) is 1. The van der Waals surface area contributed by atoms with Crippen molar-refractivity contribution in [1.82, 2.24) is 4.90 Å². The van der Waals surface area contributed by atoms with Crippen LogP contribution in [-0.2, 0) is 9.84 Å². The highest BCUT2D eigenvalue weighted by molar-refractivity contribution is 7.91. The highest BCUT2D eigenvalue weighted by Crippen LogP contribution is 2.38. The van der Waals surface area contributed by atoms with Crippen LogP contribution in [0.5, 0.6) is 0 Å². The lowest BCUT2D eigenvalue weighted by Crippen LogP contribution is -2.51. The number of halogens is 1. The number of carbonyl (C=O) groups excluding carboxylic acids is 1. The predicted octanol–water partition coefficient (Wildman–Crippen LogP) is 2.40. The van der Waals surface area contributed by atoms with Crippen LogP contribution in [0.15, 0.2) is 24.3 Å². The van der Waals surface area contributed by atoms with E-state index in [1.807, 2.05) is 0 Å². The number of amides is 2. The smallest absolute Gasteiger partial charge is 0.318 e. The van der Waals surface area contributed by atoms with Crippen molar-refractivity contribution in [3.8, 4) is 0 Å². The number of carbonyl (C=O) groups is 1. The molecule has 2 amide bonds. The van der Waals surface area contributed by atoms with Gasteiger partial charge in [0, 0.05) is 24.0 Å². The fourth-order valence-corrected chi connectivity index (χ4v) is 4.67. The van der Waals surface area contributed by atoms with Crippen molar-refractivity contribution in [3.05, 3.63) is 30.1 Å². The molecule has 7 heteroatoms. The first-order valence-corrected chi connectivity index (χ1v) is 9.34. The highest BCUT2D eigenvalue weighted by Gasteiger charge is 2.45. The Bertz CT molecular complexity index is 661. The fraction of sp³-hybridized carbons (Fsp3) is 0.533. The van der Waals surface area contributed by atoms with E-state index in [1.165, 1.54) is 30.5 Å². The number of urea groups is 1. The summed E-state index contributed by atoms with van der Waals surface area (Å²) in [6.07, 6.45) is 3.96. The summed E-state index contributed by atoms with van der Waals surface area (Å²) in [4.78, 5) is 14.2. The normalized spacial score (nSPS) is 27.7. The summed E-state index contributed by atoms with van der Waals surface area (Å²) in [6.45, 7) is 0. The molecule has 2 saturated heterocycles. The van der Waals surface area contributed by atoms with E-state index < -0.39 is 9.84 Å². The number of piperidine rings is 1. The molecule has 2 bridgehead atoms. The zero-order valence-electron chi connectivity index (χ0n) is 12.3. The highest BCUT2D eigenvalue weighted by atomic mass is 32.2. The van der Waals surface area contributed by atoms with Gasteiger partial charge in [0.2, 0.25) is 0 Å². The number of nitrogens with zero attached hydrogens (tertiary/aromatic N) is 1. The molecule has 2 aliphatic heterocycles. The van der Waals surface area contributed by atoms with Crippen molar-refractivity contribution >= 4 is 21.6 Å². The molecule has 2 atom stereocenters. The number of hydrogen-bond donors (Lipinski definition) is 1. The summed E-state index contributed by atoms with van der Waals surface area (Å²) in [5.74, 6) is -0.355. The molecule has 0 saturated carbocycles. The molecule has 3 rings (SSSR count). The number of benzene rings is 1. The SMILES string of the molecule is CS(=O)(=O)C1CC2CCC(C1)N2C(=O)Nc1ccc(F)cc1. The zero-order chi connectivity index (χ0) is 15.9. The summed E-state index contributed by atoms with van der Waals surface area (Å²) in [7, 11) is -3.06. The zero-order valence-corrected chi connectivity index (χ0v) is 13.1. The van der Waals surface area contributed by atoms with Crippen molar-refractivity contribution < 1.29 is 17.6 Å². The van der Waals surface area contributed by atoms with Gasteiger partial charge in [-0.3, -0.25) is 0 Å². The Morgan fingerprint density at radius 1 is 1.18 bits per heavy atom. The summed E-state index contributed by atoms with van der Waals surface area (Å²) < 4.78 is 36.4. The van der Waals surface area contributed by atoms with Crippen molar-refractivity contribution in [2.24, 2.45) is 0 Å². The molecular weight excluding hydrogens is 307 g/mol. The number of anilines is 1. The second-order valence-electron chi connectivity index (χ2n) is 6.15. The van der Waals surface area contributed by atoms with Crippen LogP contribution in [0.3, 0.4) is 0 Å². The van der Waals surface area contributed by atoms with Gasteiger partial charge in [-0.25, -0.2) is 17.6 Å². The van der Waals surface area contributed by atoms with Gasteiger partial charge in [-0.1, -0.05) is 0 Å². The lowest BCUT2D eigenvalue weighted by atomic mass is 10.0. The quantitative estimate of drug-likeness (QED) is 0.907. The average molecular weight is 326 g/mol. The van der Waals surface area contributed by atoms with Gasteiger partial charge in [0.15, 0.2) is 0 Å². The van der Waals surface area contributed by atoms with E-state index in [1.54, 1.807) is 4.90 Å². The number of rotatable bonds is 2. The van der Waals surface area contributed by atoms with Crippen LogP contribution >= 0.6 is 0 Å². The standard InChI is InChI=1S/C15H19FN2O3S/c1-22(20,21)14-8-12-6-7-13(9-14)18(12)15(19)17-11-4-2-10(16)3-5-11/h2-5,12-14H,6-9H2,1H3,(H,17,19). The largest absolute Gasteiger partial charge is 0.322 e. The van der Waals surface area contributed by atoms with Crippen LogP contribution in [0.2, 0.25) is 0 Å². The van der Waals surface area contributed by atoms with E-state index in [4.69, 9.17) is 0 Å². The van der Waals surface area contributed by atoms with Gasteiger partial charge in [0.1, 0.15) is 15.7 Å². The Hall–Kier alpha value is -1.63. The maximum atomic E-state index is 12.9. The summed E-state index contributed by atoms with van der Waals surface area (Å²) >= 11 is 0. The molecule has 2 heterocycles.